The van der Waals surface area contributed by atoms with Crippen molar-refractivity contribution in [3.63, 3.8) is 0 Å². The van der Waals surface area contributed by atoms with Crippen LogP contribution in [0.25, 0.3) is 0 Å². The van der Waals surface area contributed by atoms with Crippen LogP contribution in [0.15, 0.2) is 5.16 Å². The highest BCUT2D eigenvalue weighted by Gasteiger charge is 2.63. The Balaban J connectivity index is 3.21. The van der Waals surface area contributed by atoms with E-state index in [2.05, 4.69) is 5.16 Å². The molecule has 0 amide bonds. The molecule has 0 heterocycles. The molecule has 1 atom stereocenters. The monoisotopic (exact) mass is 209 g/mol. The average molecular weight is 209 g/mol. The summed E-state index contributed by atoms with van der Waals surface area (Å²) in [4.78, 5) is 10.9. The first-order chi connectivity index (χ1) is 6.36. The van der Waals surface area contributed by atoms with E-state index in [9.17, 15) is 18.0 Å². The van der Waals surface area contributed by atoms with E-state index in [-0.39, 0.29) is 12.8 Å². The van der Waals surface area contributed by atoms with E-state index in [4.69, 9.17) is 5.21 Å². The second-order valence-corrected chi connectivity index (χ2v) is 3.32. The Hall–Kier alpha value is -1.07. The molecule has 14 heavy (non-hydrogen) atoms. The van der Waals surface area contributed by atoms with Gasteiger partial charge in [0.1, 0.15) is 5.71 Å². The topological polar surface area (TPSA) is 49.7 Å². The van der Waals surface area contributed by atoms with Crippen molar-refractivity contribution in [3.05, 3.63) is 0 Å². The van der Waals surface area contributed by atoms with Gasteiger partial charge in [0.25, 0.3) is 11.6 Å². The normalized spacial score (nSPS) is 34.4. The van der Waals surface area contributed by atoms with Crippen LogP contribution in [0.3, 0.4) is 0 Å². The van der Waals surface area contributed by atoms with Gasteiger partial charge in [0.15, 0.2) is 5.78 Å². The molecule has 3 nitrogen and oxygen atoms in total. The highest BCUT2D eigenvalue weighted by atomic mass is 19.3. The molecule has 0 bridgehead atoms. The number of hydrogen-bond donors (Lipinski definition) is 1. The second-order valence-electron chi connectivity index (χ2n) is 3.32. The zero-order valence-electron chi connectivity index (χ0n) is 7.56. The van der Waals surface area contributed by atoms with Gasteiger partial charge in [-0.25, -0.2) is 13.2 Å². The summed E-state index contributed by atoms with van der Waals surface area (Å²) in [5, 5.41) is 10.8. The lowest BCUT2D eigenvalue weighted by Gasteiger charge is -2.35. The predicted octanol–water partition coefficient (Wildman–Crippen LogP) is 1.93. The maximum atomic E-state index is 13.7. The quantitative estimate of drug-likeness (QED) is 0.530. The predicted molar refractivity (Wildman–Crippen MR) is 42.5 cm³/mol. The number of oxime groups is 1. The van der Waals surface area contributed by atoms with Crippen LogP contribution in [0, 0.1) is 0 Å². The van der Waals surface area contributed by atoms with E-state index in [1.165, 1.54) is 0 Å². The number of nitrogens with zero attached hydrogens (tertiary/aromatic N) is 1. The van der Waals surface area contributed by atoms with Crippen LogP contribution in [-0.2, 0) is 4.79 Å². The SMILES string of the molecule is CC(=O)C1(F)C(=NO)CCCC1(F)F. The Labute approximate surface area is 78.6 Å². The summed E-state index contributed by atoms with van der Waals surface area (Å²) >= 11 is 0. The zero-order valence-corrected chi connectivity index (χ0v) is 7.56. The van der Waals surface area contributed by atoms with Crippen LogP contribution in [0.4, 0.5) is 13.2 Å². The van der Waals surface area contributed by atoms with Gasteiger partial charge in [-0.15, -0.1) is 0 Å². The molecular weight excluding hydrogens is 199 g/mol. The van der Waals surface area contributed by atoms with E-state index in [1.807, 2.05) is 0 Å². The minimum Gasteiger partial charge on any atom is -0.411 e. The fourth-order valence-corrected chi connectivity index (χ4v) is 1.61. The molecule has 6 heteroatoms. The highest BCUT2D eigenvalue weighted by molar-refractivity contribution is 6.13. The van der Waals surface area contributed by atoms with Crippen molar-refractivity contribution in [1.82, 2.24) is 0 Å². The fraction of sp³-hybridized carbons (Fsp3) is 0.750. The Bertz CT molecular complexity index is 290. The summed E-state index contributed by atoms with van der Waals surface area (Å²) in [5.74, 6) is -5.10. The molecule has 0 aromatic rings. The van der Waals surface area contributed by atoms with Gasteiger partial charge in [-0.3, -0.25) is 4.79 Å². The number of rotatable bonds is 1. The van der Waals surface area contributed by atoms with Crippen molar-refractivity contribution in [3.8, 4) is 0 Å². The van der Waals surface area contributed by atoms with Crippen molar-refractivity contribution in [2.75, 3.05) is 0 Å². The third-order valence-corrected chi connectivity index (χ3v) is 2.41. The number of halogens is 3. The fourth-order valence-electron chi connectivity index (χ4n) is 1.61. The molecular formula is C8H10F3NO2. The molecule has 0 aliphatic heterocycles. The number of carbonyl (C=O) groups is 1. The van der Waals surface area contributed by atoms with E-state index >= 15 is 0 Å². The number of hydrogen-bond acceptors (Lipinski definition) is 3. The van der Waals surface area contributed by atoms with E-state index in [0.29, 0.717) is 0 Å². The van der Waals surface area contributed by atoms with Crippen LogP contribution in [0.1, 0.15) is 26.2 Å². The van der Waals surface area contributed by atoms with Crippen molar-refractivity contribution in [2.45, 2.75) is 37.8 Å². The second kappa shape index (κ2) is 3.25. The van der Waals surface area contributed by atoms with Crippen LogP contribution >= 0.6 is 0 Å². The highest BCUT2D eigenvalue weighted by Crippen LogP contribution is 2.43. The average Bonchev–Trinajstić information content (AvgIpc) is 2.09. The van der Waals surface area contributed by atoms with Gasteiger partial charge in [-0.05, 0) is 19.8 Å². The number of Topliss-reactive ketones (excluding diaryl/α,β-unsaturated/α-hetero) is 1. The van der Waals surface area contributed by atoms with E-state index in [0.717, 1.165) is 6.92 Å². The Morgan fingerprint density at radius 3 is 2.43 bits per heavy atom. The van der Waals surface area contributed by atoms with Crippen molar-refractivity contribution in [1.29, 1.82) is 0 Å². The molecule has 0 radical (unpaired) electrons. The molecule has 1 N–H and O–H groups in total. The summed E-state index contributed by atoms with van der Waals surface area (Å²) in [7, 11) is 0. The largest absolute Gasteiger partial charge is 0.411 e. The Morgan fingerprint density at radius 2 is 2.07 bits per heavy atom. The first-order valence-electron chi connectivity index (χ1n) is 4.15. The van der Waals surface area contributed by atoms with Gasteiger partial charge in [0.05, 0.1) is 0 Å². The summed E-state index contributed by atoms with van der Waals surface area (Å²) < 4.78 is 40.1. The van der Waals surface area contributed by atoms with Gasteiger partial charge < -0.3 is 5.21 Å². The Kier molecular flexibility index (Phi) is 2.56. The number of alkyl halides is 3. The van der Waals surface area contributed by atoms with Gasteiger partial charge in [0, 0.05) is 6.42 Å². The van der Waals surface area contributed by atoms with Gasteiger partial charge in [-0.2, -0.15) is 0 Å². The molecule has 1 aliphatic carbocycles. The molecule has 0 aromatic carbocycles. The summed E-state index contributed by atoms with van der Waals surface area (Å²) in [6.07, 6.45) is -0.824. The van der Waals surface area contributed by atoms with Crippen LogP contribution in [0.5, 0.6) is 0 Å². The molecule has 1 fully saturated rings. The molecule has 80 valence electrons. The molecule has 1 unspecified atom stereocenters. The molecule has 0 spiro atoms. The van der Waals surface area contributed by atoms with Gasteiger partial charge >= 0.3 is 0 Å². The lowest BCUT2D eigenvalue weighted by molar-refractivity contribution is -0.153. The number of ketones is 1. The minimum atomic E-state index is -3.78. The van der Waals surface area contributed by atoms with Crippen LogP contribution < -0.4 is 0 Å². The molecule has 1 aliphatic rings. The van der Waals surface area contributed by atoms with E-state index in [1.54, 1.807) is 0 Å². The zero-order chi connectivity index (χ0) is 11.0. The lowest BCUT2D eigenvalue weighted by atomic mass is 9.78. The molecule has 1 saturated carbocycles. The third-order valence-electron chi connectivity index (χ3n) is 2.41. The number of carbonyl (C=O) groups excluding carboxylic acids is 1. The van der Waals surface area contributed by atoms with Gasteiger partial charge in [-0.1, -0.05) is 5.16 Å². The van der Waals surface area contributed by atoms with Crippen molar-refractivity contribution >= 4 is 11.5 Å². The summed E-state index contributed by atoms with van der Waals surface area (Å²) in [6, 6.07) is 0. The smallest absolute Gasteiger partial charge is 0.294 e. The van der Waals surface area contributed by atoms with Crippen molar-refractivity contribution < 1.29 is 23.2 Å². The van der Waals surface area contributed by atoms with Gasteiger partial charge in [0.2, 0.25) is 0 Å². The molecule has 1 rings (SSSR count). The summed E-state index contributed by atoms with van der Waals surface area (Å²) in [6.45, 7) is 0.727. The van der Waals surface area contributed by atoms with Crippen molar-refractivity contribution in [2.24, 2.45) is 5.16 Å². The third kappa shape index (κ3) is 1.29. The minimum absolute atomic E-state index is 0.00530. The van der Waals surface area contributed by atoms with E-state index < -0.39 is 29.5 Å². The lowest BCUT2D eigenvalue weighted by Crippen LogP contribution is -2.58. The van der Waals surface area contributed by atoms with Crippen LogP contribution in [-0.4, -0.2) is 28.3 Å². The Morgan fingerprint density at radius 1 is 1.50 bits per heavy atom. The maximum absolute atomic E-state index is 13.7. The first kappa shape index (κ1) is 11.0. The van der Waals surface area contributed by atoms with Crippen LogP contribution in [0.2, 0.25) is 0 Å². The maximum Gasteiger partial charge on any atom is 0.294 e. The molecule has 0 saturated heterocycles. The standard InChI is InChI=1S/C8H10F3NO2/c1-5(13)8(11)6(12-14)3-2-4-7(8,9)10/h14H,2-4H2,1H3. The summed E-state index contributed by atoms with van der Waals surface area (Å²) in [5.41, 5.74) is -4.21. The first-order valence-corrected chi connectivity index (χ1v) is 4.15. The molecule has 0 aromatic heterocycles.